The maximum absolute atomic E-state index is 11.6. The number of fused-ring (bicyclic) bond motifs is 1. The van der Waals surface area contributed by atoms with Crippen molar-refractivity contribution in [3.05, 3.63) is 29.2 Å². The molecule has 4 nitrogen and oxygen atoms in total. The minimum atomic E-state index is -3.23. The molecule has 0 amide bonds. The number of hydrogen-bond donors (Lipinski definition) is 1. The molecule has 1 N–H and O–H groups in total. The fraction of sp³-hybridized carbons (Fsp3) is 0.273. The fourth-order valence-electron chi connectivity index (χ4n) is 1.75. The number of nitrogens with one attached hydrogen (secondary N) is 1. The van der Waals surface area contributed by atoms with Crippen LogP contribution in [0, 0.1) is 0 Å². The zero-order valence-corrected chi connectivity index (χ0v) is 9.33. The number of hydrogen-bond acceptors (Lipinski definition) is 4. The van der Waals surface area contributed by atoms with Crippen molar-refractivity contribution >= 4 is 15.9 Å². The molecule has 0 radical (unpaired) electrons. The van der Waals surface area contributed by atoms with Gasteiger partial charge in [0.1, 0.15) is 11.9 Å². The third kappa shape index (κ3) is 1.52. The van der Waals surface area contributed by atoms with Gasteiger partial charge in [-0.25, -0.2) is 8.42 Å². The molecule has 3 rings (SSSR count). The Morgan fingerprint density at radius 1 is 1.31 bits per heavy atom. The van der Waals surface area contributed by atoms with Crippen LogP contribution in [0.2, 0.25) is 0 Å². The number of ether oxygens (including phenoxy) is 1. The molecule has 0 aromatic heterocycles. The van der Waals surface area contributed by atoms with Gasteiger partial charge in [0.25, 0.3) is 0 Å². The quantitative estimate of drug-likeness (QED) is 0.826. The smallest absolute Gasteiger partial charge is 0.200 e. The number of sulfone groups is 1. The average Bonchev–Trinajstić information content (AvgIpc) is 2.49. The van der Waals surface area contributed by atoms with Crippen LogP contribution >= 0.6 is 0 Å². The van der Waals surface area contributed by atoms with Crippen molar-refractivity contribution in [2.45, 2.75) is 11.0 Å². The van der Waals surface area contributed by atoms with E-state index in [0.29, 0.717) is 10.6 Å². The van der Waals surface area contributed by atoms with E-state index in [1.807, 2.05) is 6.07 Å². The molecule has 1 aromatic carbocycles. The molecule has 0 unspecified atom stereocenters. The summed E-state index contributed by atoms with van der Waals surface area (Å²) in [6, 6.07) is 5.18. The van der Waals surface area contributed by atoms with Crippen molar-refractivity contribution in [1.29, 1.82) is 0 Å². The molecule has 1 aromatic rings. The molecule has 84 valence electrons. The van der Waals surface area contributed by atoms with Crippen molar-refractivity contribution in [3.63, 3.8) is 0 Å². The summed E-state index contributed by atoms with van der Waals surface area (Å²) in [6.07, 6.45) is 1.77. The van der Waals surface area contributed by atoms with Crippen LogP contribution in [0.4, 0.5) is 0 Å². The standard InChI is InChI=1S/C11H11NO3S/c13-16(14)4-3-8-1-2-9(5-11(8)16)15-10-6-12-7-10/h1-5,10,12H,6-7H2. The molecule has 5 heteroatoms. The second-order valence-corrected chi connectivity index (χ2v) is 5.75. The third-order valence-corrected chi connectivity index (χ3v) is 4.23. The highest BCUT2D eigenvalue weighted by atomic mass is 32.2. The van der Waals surface area contributed by atoms with E-state index in [2.05, 4.69) is 5.32 Å². The van der Waals surface area contributed by atoms with Crippen molar-refractivity contribution in [2.24, 2.45) is 0 Å². The Bertz CT molecular complexity index is 559. The Morgan fingerprint density at radius 3 is 2.81 bits per heavy atom. The zero-order chi connectivity index (χ0) is 11.2. The molecule has 16 heavy (non-hydrogen) atoms. The largest absolute Gasteiger partial charge is 0.488 e. The molecule has 2 aliphatic rings. The summed E-state index contributed by atoms with van der Waals surface area (Å²) in [5, 5.41) is 4.32. The molecule has 0 saturated carbocycles. The van der Waals surface area contributed by atoms with E-state index >= 15 is 0 Å². The summed E-state index contributed by atoms with van der Waals surface area (Å²) in [6.45, 7) is 1.64. The Hall–Kier alpha value is -1.33. The molecule has 0 atom stereocenters. The van der Waals surface area contributed by atoms with Gasteiger partial charge in [0.05, 0.1) is 4.90 Å². The molecular weight excluding hydrogens is 226 g/mol. The topological polar surface area (TPSA) is 55.4 Å². The van der Waals surface area contributed by atoms with Crippen LogP contribution in [0.15, 0.2) is 28.5 Å². The molecule has 0 aliphatic carbocycles. The molecule has 1 fully saturated rings. The highest BCUT2D eigenvalue weighted by molar-refractivity contribution is 7.94. The summed E-state index contributed by atoms with van der Waals surface area (Å²) in [4.78, 5) is 0.345. The van der Waals surface area contributed by atoms with Gasteiger partial charge in [-0.2, -0.15) is 0 Å². The third-order valence-electron chi connectivity index (χ3n) is 2.77. The lowest BCUT2D eigenvalue weighted by Gasteiger charge is -2.27. The summed E-state index contributed by atoms with van der Waals surface area (Å²) in [5.41, 5.74) is 0.735. The molecular formula is C11H11NO3S. The number of rotatable bonds is 2. The fourth-order valence-corrected chi connectivity index (χ4v) is 2.96. The van der Waals surface area contributed by atoms with E-state index < -0.39 is 9.84 Å². The van der Waals surface area contributed by atoms with Gasteiger partial charge in [0.15, 0.2) is 0 Å². The first-order valence-corrected chi connectivity index (χ1v) is 6.64. The molecule has 0 spiro atoms. The Labute approximate surface area is 93.8 Å². The normalized spacial score (nSPS) is 21.5. The number of benzene rings is 1. The van der Waals surface area contributed by atoms with Gasteiger partial charge < -0.3 is 10.1 Å². The van der Waals surface area contributed by atoms with Crippen LogP contribution in [0.3, 0.4) is 0 Å². The Balaban J connectivity index is 1.94. The monoisotopic (exact) mass is 237 g/mol. The van der Waals surface area contributed by atoms with Crippen LogP contribution in [0.1, 0.15) is 5.56 Å². The maximum atomic E-state index is 11.6. The van der Waals surface area contributed by atoms with Gasteiger partial charge in [-0.1, -0.05) is 0 Å². The molecule has 2 heterocycles. The minimum absolute atomic E-state index is 0.162. The van der Waals surface area contributed by atoms with E-state index in [9.17, 15) is 8.42 Å². The average molecular weight is 237 g/mol. The van der Waals surface area contributed by atoms with E-state index in [1.165, 1.54) is 5.41 Å². The summed E-state index contributed by atoms with van der Waals surface area (Å²) >= 11 is 0. The van der Waals surface area contributed by atoms with Gasteiger partial charge in [-0.05, 0) is 29.8 Å². The zero-order valence-electron chi connectivity index (χ0n) is 8.51. The second-order valence-electron chi connectivity index (χ2n) is 3.95. The van der Waals surface area contributed by atoms with Crippen molar-refractivity contribution < 1.29 is 13.2 Å². The van der Waals surface area contributed by atoms with E-state index in [0.717, 1.165) is 18.7 Å². The van der Waals surface area contributed by atoms with Crippen LogP contribution in [-0.2, 0) is 9.84 Å². The highest BCUT2D eigenvalue weighted by Gasteiger charge is 2.23. The van der Waals surface area contributed by atoms with Gasteiger partial charge in [0, 0.05) is 18.5 Å². The van der Waals surface area contributed by atoms with Gasteiger partial charge >= 0.3 is 0 Å². The van der Waals surface area contributed by atoms with Crippen LogP contribution < -0.4 is 10.1 Å². The lowest BCUT2D eigenvalue weighted by Crippen LogP contribution is -2.50. The highest BCUT2D eigenvalue weighted by Crippen LogP contribution is 2.30. The summed E-state index contributed by atoms with van der Waals surface area (Å²) in [5.74, 6) is 0.623. The predicted octanol–water partition coefficient (Wildman–Crippen LogP) is 0.795. The summed E-state index contributed by atoms with van der Waals surface area (Å²) < 4.78 is 28.9. The van der Waals surface area contributed by atoms with E-state index in [1.54, 1.807) is 18.2 Å². The Morgan fingerprint density at radius 2 is 2.12 bits per heavy atom. The van der Waals surface area contributed by atoms with Gasteiger partial charge in [0.2, 0.25) is 9.84 Å². The lowest BCUT2D eigenvalue weighted by atomic mass is 10.2. The van der Waals surface area contributed by atoms with E-state index in [-0.39, 0.29) is 6.10 Å². The van der Waals surface area contributed by atoms with Crippen LogP contribution in [0.25, 0.3) is 6.08 Å². The van der Waals surface area contributed by atoms with Crippen LogP contribution in [0.5, 0.6) is 5.75 Å². The maximum Gasteiger partial charge on any atom is 0.200 e. The molecule has 0 bridgehead atoms. The SMILES string of the molecule is O=S1(=O)C=Cc2ccc(OC3CNC3)cc21. The van der Waals surface area contributed by atoms with Gasteiger partial charge in [-0.3, -0.25) is 0 Å². The molecule has 2 aliphatic heterocycles. The first-order chi connectivity index (χ1) is 7.65. The molecule has 1 saturated heterocycles. The van der Waals surface area contributed by atoms with Crippen molar-refractivity contribution in [2.75, 3.05) is 13.1 Å². The first-order valence-electron chi connectivity index (χ1n) is 5.10. The predicted molar refractivity (Wildman–Crippen MR) is 59.9 cm³/mol. The van der Waals surface area contributed by atoms with Gasteiger partial charge in [-0.15, -0.1) is 0 Å². The van der Waals surface area contributed by atoms with Crippen molar-refractivity contribution in [1.82, 2.24) is 5.32 Å². The Kier molecular flexibility index (Phi) is 2.05. The summed E-state index contributed by atoms with van der Waals surface area (Å²) in [7, 11) is -3.23. The first kappa shape index (κ1) is 9.86. The van der Waals surface area contributed by atoms with E-state index in [4.69, 9.17) is 4.74 Å². The minimum Gasteiger partial charge on any atom is -0.488 e. The van der Waals surface area contributed by atoms with Crippen molar-refractivity contribution in [3.8, 4) is 5.75 Å². The second kappa shape index (κ2) is 3.33. The van der Waals surface area contributed by atoms with Crippen LogP contribution in [-0.4, -0.2) is 27.6 Å². The lowest BCUT2D eigenvalue weighted by molar-refractivity contribution is 0.142.